The third-order valence-electron chi connectivity index (χ3n) is 3.74. The molecule has 1 N–H and O–H groups in total. The molecule has 0 heterocycles. The van der Waals surface area contributed by atoms with Gasteiger partial charge in [0, 0.05) is 12.0 Å². The fraction of sp³-hybridized carbons (Fsp3) is 1.00. The van der Waals surface area contributed by atoms with Crippen LogP contribution in [-0.4, -0.2) is 35.9 Å². The van der Waals surface area contributed by atoms with Gasteiger partial charge in [-0.1, -0.05) is 151 Å². The van der Waals surface area contributed by atoms with Crippen LogP contribution in [0.4, 0.5) is 52.7 Å². The van der Waals surface area contributed by atoms with E-state index in [0.717, 1.165) is 52.4 Å². The Morgan fingerprint density at radius 3 is 0.529 bits per heavy atom. The standard InChI is InChI=1S/C5H6F6.C5H9F3.2C5H12.C4H7F3.2C4H10.C3H8O.C3H8/c1-3(2,4(6,7)8)5(9,10)11;1-4(2,3)5(6,7)8;1-5(2,3)4;1-4-5(2)3;1-3(2)4(5,6)7;2*1-4(2)3;1-3(2)4;1-3-2/h1-2H3;1-3H3;1-4H3;5H,4H2,1-3H3;3H,1-2H3;2*4H,1-3H3;3-4H,1-2H3;3H2,1-2H3. The van der Waals surface area contributed by atoms with Gasteiger partial charge in [-0.25, -0.2) is 0 Å². The molecule has 0 atom stereocenters. The van der Waals surface area contributed by atoms with Crippen molar-refractivity contribution in [2.75, 3.05) is 0 Å². The van der Waals surface area contributed by atoms with Crippen LogP contribution in [0.3, 0.4) is 0 Å². The van der Waals surface area contributed by atoms with E-state index < -0.39 is 41.5 Å². The lowest BCUT2D eigenvalue weighted by Crippen LogP contribution is -2.44. The van der Waals surface area contributed by atoms with E-state index in [2.05, 4.69) is 104 Å². The predicted octanol–water partition coefficient (Wildman–Crippen LogP) is 17.2. The van der Waals surface area contributed by atoms with Gasteiger partial charge in [-0.15, -0.1) is 0 Å². The van der Waals surface area contributed by atoms with Crippen LogP contribution in [0.15, 0.2) is 0 Å². The van der Waals surface area contributed by atoms with E-state index in [9.17, 15) is 52.7 Å². The Morgan fingerprint density at radius 1 is 0.431 bits per heavy atom. The maximum absolute atomic E-state index is 11.6. The summed E-state index contributed by atoms with van der Waals surface area (Å²) >= 11 is 0. The smallest absolute Gasteiger partial charge is 0.394 e. The average Bonchev–Trinajstić information content (AvgIpc) is 2.75. The highest BCUT2D eigenvalue weighted by Crippen LogP contribution is 2.49. The fourth-order valence-corrected chi connectivity index (χ4v) is 0.161. The molecule has 0 saturated carbocycles. The fourth-order valence-electron chi connectivity index (χ4n) is 0.161. The molecule has 0 aromatic carbocycles. The van der Waals surface area contributed by atoms with Crippen LogP contribution < -0.4 is 0 Å². The molecule has 0 saturated heterocycles. The highest BCUT2D eigenvalue weighted by atomic mass is 19.4. The summed E-state index contributed by atoms with van der Waals surface area (Å²) in [5.41, 5.74) is -4.69. The molecule has 0 rings (SSSR count). The number of alkyl halides is 12. The monoisotopic (exact) mass is 783 g/mol. The van der Waals surface area contributed by atoms with E-state index in [1.165, 1.54) is 12.8 Å². The topological polar surface area (TPSA) is 20.2 Å². The zero-order chi connectivity index (χ0) is 44.8. The first-order valence-corrected chi connectivity index (χ1v) is 17.5. The molecule has 0 unspecified atom stereocenters. The summed E-state index contributed by atoms with van der Waals surface area (Å²) in [6, 6.07) is 0. The van der Waals surface area contributed by atoms with E-state index in [-0.39, 0.29) is 20.0 Å². The van der Waals surface area contributed by atoms with Gasteiger partial charge in [0.05, 0.1) is 5.41 Å². The minimum Gasteiger partial charge on any atom is -0.394 e. The number of hydrogen-bond acceptors (Lipinski definition) is 1. The summed E-state index contributed by atoms with van der Waals surface area (Å²) in [5.74, 6) is 1.35. The van der Waals surface area contributed by atoms with E-state index in [0.29, 0.717) is 5.41 Å². The quantitative estimate of drug-likeness (QED) is 0.263. The zero-order valence-electron chi connectivity index (χ0n) is 36.8. The van der Waals surface area contributed by atoms with Crippen molar-refractivity contribution >= 4 is 0 Å². The third-order valence-corrected chi connectivity index (χ3v) is 3.74. The van der Waals surface area contributed by atoms with Crippen molar-refractivity contribution in [1.82, 2.24) is 0 Å². The molecule has 1 nitrogen and oxygen atoms in total. The number of halogens is 12. The van der Waals surface area contributed by atoms with Crippen LogP contribution >= 0.6 is 0 Å². The first-order valence-electron chi connectivity index (χ1n) is 17.5. The zero-order valence-corrected chi connectivity index (χ0v) is 36.8. The van der Waals surface area contributed by atoms with Gasteiger partial charge in [-0.3, -0.25) is 0 Å². The second kappa shape index (κ2) is 33.7. The summed E-state index contributed by atoms with van der Waals surface area (Å²) in [5, 5.41) is 8.06. The Hall–Kier alpha value is -0.880. The van der Waals surface area contributed by atoms with E-state index in [1.54, 1.807) is 13.8 Å². The van der Waals surface area contributed by atoms with Gasteiger partial charge in [-0.2, -0.15) is 52.7 Å². The maximum atomic E-state index is 11.6. The number of hydrogen-bond donors (Lipinski definition) is 1. The first-order chi connectivity index (χ1) is 21.6. The number of aliphatic hydroxyl groups excluding tert-OH is 1. The maximum Gasteiger partial charge on any atom is 0.402 e. The molecule has 51 heavy (non-hydrogen) atoms. The van der Waals surface area contributed by atoms with Crippen LogP contribution in [0.25, 0.3) is 0 Å². The summed E-state index contributed by atoms with van der Waals surface area (Å²) < 4.78 is 138. The van der Waals surface area contributed by atoms with Gasteiger partial charge in [0.15, 0.2) is 5.41 Å². The average molecular weight is 783 g/mol. The SMILES string of the molecule is CC(C)(C(F)(F)F)C(F)(F)F.CC(C)(C)C.CC(C)(C)C(F)(F)F.CC(C)C.CC(C)C.CC(C)C(F)(F)F.CC(C)O.CCC.CCC(C)C. The minimum absolute atomic E-state index is 0.104. The summed E-state index contributed by atoms with van der Waals surface area (Å²) in [4.78, 5) is 0. The van der Waals surface area contributed by atoms with Crippen molar-refractivity contribution in [2.45, 2.75) is 210 Å². The Bertz CT molecular complexity index is 613. The molecule has 0 spiro atoms. The van der Waals surface area contributed by atoms with Crippen molar-refractivity contribution < 1.29 is 57.8 Å². The Balaban J connectivity index is -0.0000000574. The molecule has 0 aliphatic rings. The van der Waals surface area contributed by atoms with Crippen molar-refractivity contribution in [3.63, 3.8) is 0 Å². The lowest BCUT2D eigenvalue weighted by Gasteiger charge is -2.29. The number of rotatable bonds is 1. The van der Waals surface area contributed by atoms with Crippen LogP contribution in [-0.2, 0) is 0 Å². The van der Waals surface area contributed by atoms with Gasteiger partial charge in [-0.05, 0) is 50.9 Å². The van der Waals surface area contributed by atoms with Gasteiger partial charge in [0.1, 0.15) is 0 Å². The van der Waals surface area contributed by atoms with Crippen LogP contribution in [0.1, 0.15) is 179 Å². The Labute approximate surface area is 307 Å². The lowest BCUT2D eigenvalue weighted by atomic mass is 9.92. The molecule has 0 fully saturated rings. The Kier molecular flexibility index (Phi) is 47.2. The van der Waals surface area contributed by atoms with Crippen LogP contribution in [0.5, 0.6) is 0 Å². The minimum atomic E-state index is -5.24. The molecule has 0 bridgehead atoms. The Morgan fingerprint density at radius 2 is 0.529 bits per heavy atom. The summed E-state index contributed by atoms with van der Waals surface area (Å²) in [6.07, 6.45) is -16.2. The summed E-state index contributed by atoms with van der Waals surface area (Å²) in [6.45, 7) is 42.0. The molecule has 0 aromatic heterocycles. The molecule has 0 aliphatic carbocycles. The predicted molar refractivity (Wildman–Crippen MR) is 197 cm³/mol. The van der Waals surface area contributed by atoms with Gasteiger partial charge in [0.2, 0.25) is 0 Å². The normalized spacial score (nSPS) is 11.9. The van der Waals surface area contributed by atoms with E-state index in [1.807, 2.05) is 0 Å². The molecule has 0 aliphatic heterocycles. The van der Waals surface area contributed by atoms with Gasteiger partial charge >= 0.3 is 24.7 Å². The molecule has 0 amide bonds. The van der Waals surface area contributed by atoms with Gasteiger partial charge in [0.25, 0.3) is 0 Å². The van der Waals surface area contributed by atoms with Crippen molar-refractivity contribution in [3.05, 3.63) is 0 Å². The molecular weight excluding hydrogens is 700 g/mol. The molecular formula is C38H82F12O. The molecule has 324 valence electrons. The van der Waals surface area contributed by atoms with Crippen molar-refractivity contribution in [2.24, 2.45) is 39.9 Å². The molecule has 0 aromatic rings. The molecule has 13 heteroatoms. The summed E-state index contributed by atoms with van der Waals surface area (Å²) in [7, 11) is 0. The van der Waals surface area contributed by atoms with E-state index >= 15 is 0 Å². The molecule has 0 radical (unpaired) electrons. The lowest BCUT2D eigenvalue weighted by molar-refractivity contribution is -0.327. The largest absolute Gasteiger partial charge is 0.402 e. The number of aliphatic hydroxyl groups is 1. The second-order valence-electron chi connectivity index (χ2n) is 17.1. The van der Waals surface area contributed by atoms with Crippen molar-refractivity contribution in [1.29, 1.82) is 0 Å². The van der Waals surface area contributed by atoms with Crippen molar-refractivity contribution in [3.8, 4) is 0 Å². The van der Waals surface area contributed by atoms with E-state index in [4.69, 9.17) is 5.11 Å². The van der Waals surface area contributed by atoms with Crippen LogP contribution in [0, 0.1) is 39.9 Å². The van der Waals surface area contributed by atoms with Gasteiger partial charge < -0.3 is 5.11 Å². The highest BCUT2D eigenvalue weighted by Gasteiger charge is 2.64. The highest BCUT2D eigenvalue weighted by molar-refractivity contribution is 4.84. The second-order valence-corrected chi connectivity index (χ2v) is 17.1. The first kappa shape index (κ1) is 71.5. The third kappa shape index (κ3) is 93.7. The van der Waals surface area contributed by atoms with Crippen LogP contribution in [0.2, 0.25) is 0 Å².